The third-order valence-electron chi connectivity index (χ3n) is 2.94. The van der Waals surface area contributed by atoms with E-state index in [2.05, 4.69) is 14.8 Å². The first-order valence-corrected chi connectivity index (χ1v) is 8.45. The highest BCUT2D eigenvalue weighted by Crippen LogP contribution is 2.22. The second-order valence-electron chi connectivity index (χ2n) is 4.25. The predicted molar refractivity (Wildman–Crippen MR) is 76.4 cm³/mol. The highest BCUT2D eigenvalue weighted by atomic mass is 32.2. The van der Waals surface area contributed by atoms with Gasteiger partial charge in [-0.3, -0.25) is 0 Å². The topological polar surface area (TPSA) is 84.5 Å². The van der Waals surface area contributed by atoms with Crippen molar-refractivity contribution >= 4 is 27.3 Å². The summed E-state index contributed by atoms with van der Waals surface area (Å²) in [4.78, 5) is 11.6. The standard InChI is InChI=1S/C12H16N2O4S2/c1-18-12(15)11-10(4-7-19-11)20(16,17)14-8-9-2-5-13-6-3-9/h2,4,7,13-14H,3,5-6,8H2,1H3. The molecule has 0 bridgehead atoms. The van der Waals surface area contributed by atoms with E-state index in [0.29, 0.717) is 0 Å². The van der Waals surface area contributed by atoms with Gasteiger partial charge < -0.3 is 10.1 Å². The summed E-state index contributed by atoms with van der Waals surface area (Å²) < 4.78 is 31.6. The van der Waals surface area contributed by atoms with Crippen LogP contribution in [-0.2, 0) is 14.8 Å². The third kappa shape index (κ3) is 3.45. The Morgan fingerprint density at radius 3 is 3.00 bits per heavy atom. The fraction of sp³-hybridized carbons (Fsp3) is 0.417. The number of hydrogen-bond donors (Lipinski definition) is 2. The first-order valence-electron chi connectivity index (χ1n) is 6.08. The highest BCUT2D eigenvalue weighted by Gasteiger charge is 2.24. The number of carbonyl (C=O) groups excluding carboxylic acids is 1. The minimum atomic E-state index is -3.70. The Balaban J connectivity index is 2.12. The van der Waals surface area contributed by atoms with Crippen LogP contribution < -0.4 is 10.0 Å². The van der Waals surface area contributed by atoms with Crippen molar-refractivity contribution in [3.63, 3.8) is 0 Å². The molecule has 20 heavy (non-hydrogen) atoms. The van der Waals surface area contributed by atoms with Crippen LogP contribution in [0.2, 0.25) is 0 Å². The van der Waals surface area contributed by atoms with Gasteiger partial charge in [-0.2, -0.15) is 0 Å². The van der Waals surface area contributed by atoms with Crippen molar-refractivity contribution < 1.29 is 17.9 Å². The van der Waals surface area contributed by atoms with E-state index in [1.807, 2.05) is 6.08 Å². The summed E-state index contributed by atoms with van der Waals surface area (Å²) in [5.41, 5.74) is 1.04. The van der Waals surface area contributed by atoms with Gasteiger partial charge in [0.25, 0.3) is 0 Å². The number of methoxy groups -OCH3 is 1. The van der Waals surface area contributed by atoms with Gasteiger partial charge in [-0.05, 0) is 24.4 Å². The fourth-order valence-electron chi connectivity index (χ4n) is 1.85. The van der Waals surface area contributed by atoms with Crippen LogP contribution in [0.15, 0.2) is 28.0 Å². The molecular formula is C12H16N2O4S2. The Kier molecular flexibility index (Phi) is 4.92. The zero-order valence-electron chi connectivity index (χ0n) is 11.0. The molecule has 0 aromatic carbocycles. The average molecular weight is 316 g/mol. The summed E-state index contributed by atoms with van der Waals surface area (Å²) in [7, 11) is -2.48. The molecule has 1 aromatic heterocycles. The zero-order valence-corrected chi connectivity index (χ0v) is 12.6. The Morgan fingerprint density at radius 2 is 2.35 bits per heavy atom. The monoisotopic (exact) mass is 316 g/mol. The Bertz CT molecular complexity index is 619. The molecule has 2 heterocycles. The van der Waals surface area contributed by atoms with E-state index in [9.17, 15) is 13.2 Å². The summed E-state index contributed by atoms with van der Waals surface area (Å²) >= 11 is 1.05. The van der Waals surface area contributed by atoms with Gasteiger partial charge in [-0.1, -0.05) is 11.6 Å². The van der Waals surface area contributed by atoms with Crippen LogP contribution in [0.1, 0.15) is 16.1 Å². The predicted octanol–water partition coefficient (Wildman–Crippen LogP) is 0.733. The van der Waals surface area contributed by atoms with Crippen molar-refractivity contribution in [2.45, 2.75) is 11.3 Å². The number of ether oxygens (including phenoxy) is 1. The van der Waals surface area contributed by atoms with Crippen molar-refractivity contribution in [1.82, 2.24) is 10.0 Å². The lowest BCUT2D eigenvalue weighted by molar-refractivity contribution is 0.0602. The molecule has 0 atom stereocenters. The molecule has 0 amide bonds. The van der Waals surface area contributed by atoms with Gasteiger partial charge in [-0.15, -0.1) is 11.3 Å². The lowest BCUT2D eigenvalue weighted by Gasteiger charge is -2.14. The number of nitrogens with one attached hydrogen (secondary N) is 2. The van der Waals surface area contributed by atoms with Gasteiger partial charge in [0.1, 0.15) is 9.77 Å². The molecule has 2 N–H and O–H groups in total. The lowest BCUT2D eigenvalue weighted by atomic mass is 10.1. The van der Waals surface area contributed by atoms with Crippen LogP contribution in [-0.4, -0.2) is 41.1 Å². The molecule has 6 nitrogen and oxygen atoms in total. The van der Waals surface area contributed by atoms with Crippen molar-refractivity contribution in [2.24, 2.45) is 0 Å². The van der Waals surface area contributed by atoms with Crippen LogP contribution in [0.25, 0.3) is 0 Å². The lowest BCUT2D eigenvalue weighted by Crippen LogP contribution is -2.30. The fourth-order valence-corrected chi connectivity index (χ4v) is 4.22. The van der Waals surface area contributed by atoms with Crippen LogP contribution in [0, 0.1) is 0 Å². The van der Waals surface area contributed by atoms with E-state index in [1.54, 1.807) is 5.38 Å². The van der Waals surface area contributed by atoms with Crippen LogP contribution >= 0.6 is 11.3 Å². The van der Waals surface area contributed by atoms with Gasteiger partial charge in [0.15, 0.2) is 0 Å². The van der Waals surface area contributed by atoms with Gasteiger partial charge in [0, 0.05) is 13.1 Å². The smallest absolute Gasteiger partial charge is 0.349 e. The number of rotatable bonds is 5. The van der Waals surface area contributed by atoms with Crippen molar-refractivity contribution in [3.05, 3.63) is 28.0 Å². The van der Waals surface area contributed by atoms with Gasteiger partial charge in [0.2, 0.25) is 10.0 Å². The number of esters is 1. The zero-order chi connectivity index (χ0) is 14.6. The molecule has 8 heteroatoms. The van der Waals surface area contributed by atoms with Crippen molar-refractivity contribution in [2.75, 3.05) is 26.7 Å². The SMILES string of the molecule is COC(=O)c1sccc1S(=O)(=O)NCC1=CCNCC1. The van der Waals surface area contributed by atoms with Gasteiger partial charge in [-0.25, -0.2) is 17.9 Å². The summed E-state index contributed by atoms with van der Waals surface area (Å²) in [5, 5.41) is 4.72. The molecule has 0 radical (unpaired) electrons. The molecule has 0 saturated heterocycles. The maximum atomic E-state index is 12.2. The number of sulfonamides is 1. The second kappa shape index (κ2) is 6.49. The number of hydrogen-bond acceptors (Lipinski definition) is 6. The second-order valence-corrected chi connectivity index (χ2v) is 6.90. The molecule has 1 aromatic rings. The van der Waals surface area contributed by atoms with E-state index in [0.717, 1.165) is 36.4 Å². The van der Waals surface area contributed by atoms with Crippen LogP contribution in [0.5, 0.6) is 0 Å². The van der Waals surface area contributed by atoms with Crippen molar-refractivity contribution in [3.8, 4) is 0 Å². The maximum Gasteiger partial charge on any atom is 0.349 e. The number of carbonyl (C=O) groups is 1. The molecule has 2 rings (SSSR count). The van der Waals surface area contributed by atoms with E-state index in [-0.39, 0.29) is 16.3 Å². The molecule has 0 unspecified atom stereocenters. The Hall–Kier alpha value is -1.22. The van der Waals surface area contributed by atoms with E-state index < -0.39 is 16.0 Å². The summed E-state index contributed by atoms with van der Waals surface area (Å²) in [6.45, 7) is 1.86. The largest absolute Gasteiger partial charge is 0.465 e. The Labute approximate surface area is 121 Å². The van der Waals surface area contributed by atoms with E-state index in [4.69, 9.17) is 0 Å². The third-order valence-corrected chi connectivity index (χ3v) is 5.40. The van der Waals surface area contributed by atoms with E-state index in [1.165, 1.54) is 13.2 Å². The van der Waals surface area contributed by atoms with Crippen LogP contribution in [0.4, 0.5) is 0 Å². The van der Waals surface area contributed by atoms with Crippen molar-refractivity contribution in [1.29, 1.82) is 0 Å². The maximum absolute atomic E-state index is 12.2. The summed E-state index contributed by atoms with van der Waals surface area (Å²) in [6.07, 6.45) is 2.79. The molecule has 0 fully saturated rings. The van der Waals surface area contributed by atoms with Crippen LogP contribution in [0.3, 0.4) is 0 Å². The molecule has 0 aliphatic carbocycles. The quantitative estimate of drug-likeness (QED) is 0.618. The molecule has 0 saturated carbocycles. The minimum absolute atomic E-state index is 0.0242. The molecule has 0 spiro atoms. The van der Waals surface area contributed by atoms with Gasteiger partial charge >= 0.3 is 5.97 Å². The summed E-state index contributed by atoms with van der Waals surface area (Å²) in [5.74, 6) is -0.638. The highest BCUT2D eigenvalue weighted by molar-refractivity contribution is 7.89. The molecule has 1 aliphatic rings. The molecule has 110 valence electrons. The summed E-state index contributed by atoms with van der Waals surface area (Å²) in [6, 6.07) is 1.41. The Morgan fingerprint density at radius 1 is 1.55 bits per heavy atom. The molecule has 1 aliphatic heterocycles. The van der Waals surface area contributed by atoms with Gasteiger partial charge in [0.05, 0.1) is 7.11 Å². The first kappa shape index (κ1) is 15.2. The first-order chi connectivity index (χ1) is 9.54. The number of thiophene rings is 1. The molecular weight excluding hydrogens is 300 g/mol. The minimum Gasteiger partial charge on any atom is -0.465 e. The van der Waals surface area contributed by atoms with E-state index >= 15 is 0 Å². The average Bonchev–Trinajstić information content (AvgIpc) is 2.96. The normalized spacial score (nSPS) is 15.8.